The van der Waals surface area contributed by atoms with Gasteiger partial charge in [0.25, 0.3) is 0 Å². The Balaban J connectivity index is 1.91. The van der Waals surface area contributed by atoms with Crippen molar-refractivity contribution in [2.24, 2.45) is 0 Å². The maximum absolute atomic E-state index is 8.87. The minimum Gasteiger partial charge on any atom is -0.395 e. The maximum atomic E-state index is 8.87. The van der Waals surface area contributed by atoms with Gasteiger partial charge in [-0.05, 0) is 24.1 Å². The molecule has 2 heterocycles. The molecule has 2 aromatic heterocycles. The van der Waals surface area contributed by atoms with Gasteiger partial charge >= 0.3 is 0 Å². The van der Waals surface area contributed by atoms with E-state index in [4.69, 9.17) is 5.11 Å². The summed E-state index contributed by atoms with van der Waals surface area (Å²) in [6.45, 7) is 3.48. The number of fused-ring (bicyclic) bond motifs is 1. The molecule has 0 bridgehead atoms. The van der Waals surface area contributed by atoms with Crippen LogP contribution in [0, 0.1) is 6.92 Å². The molecule has 0 aliphatic carbocycles. The highest BCUT2D eigenvalue weighted by Gasteiger charge is 2.11. The summed E-state index contributed by atoms with van der Waals surface area (Å²) in [5.74, 6) is 0. The van der Waals surface area contributed by atoms with Crippen LogP contribution in [0.15, 0.2) is 41.3 Å². The van der Waals surface area contributed by atoms with Gasteiger partial charge in [-0.25, -0.2) is 4.98 Å². The fraction of sp³-hybridized carbons (Fsp3) is 0.294. The van der Waals surface area contributed by atoms with Gasteiger partial charge in [0.15, 0.2) is 5.65 Å². The molecule has 1 aromatic carbocycles. The number of halogens is 1. The first kappa shape index (κ1) is 16.1. The fourth-order valence-electron chi connectivity index (χ4n) is 2.60. The first-order valence-corrected chi connectivity index (χ1v) is 8.35. The summed E-state index contributed by atoms with van der Waals surface area (Å²) in [6.07, 6.45) is 6.34. The molecule has 6 heteroatoms. The molecule has 0 spiro atoms. The van der Waals surface area contributed by atoms with Crippen molar-refractivity contribution in [2.45, 2.75) is 19.9 Å². The van der Waals surface area contributed by atoms with Crippen molar-refractivity contribution in [3.05, 3.63) is 63.8 Å². The summed E-state index contributed by atoms with van der Waals surface area (Å²) in [7, 11) is 0. The lowest BCUT2D eigenvalue weighted by molar-refractivity contribution is 0.291. The molecule has 0 radical (unpaired) electrons. The quantitative estimate of drug-likeness (QED) is 0.650. The van der Waals surface area contributed by atoms with Gasteiger partial charge < -0.3 is 10.4 Å². The first-order valence-electron chi connectivity index (χ1n) is 7.56. The van der Waals surface area contributed by atoms with Crippen LogP contribution < -0.4 is 5.32 Å². The van der Waals surface area contributed by atoms with Gasteiger partial charge in [0.1, 0.15) is 0 Å². The van der Waals surface area contributed by atoms with E-state index in [2.05, 4.69) is 48.6 Å². The van der Waals surface area contributed by atoms with E-state index in [0.29, 0.717) is 13.1 Å². The van der Waals surface area contributed by atoms with E-state index in [9.17, 15) is 0 Å². The second-order valence-electron chi connectivity index (χ2n) is 5.42. The smallest absolute Gasteiger partial charge is 0.159 e. The molecule has 0 fully saturated rings. The summed E-state index contributed by atoms with van der Waals surface area (Å²) in [4.78, 5) is 9.06. The van der Waals surface area contributed by atoms with E-state index in [1.54, 1.807) is 0 Å². The third-order valence-corrected chi connectivity index (χ3v) is 4.77. The Morgan fingerprint density at radius 2 is 2.17 bits per heavy atom. The van der Waals surface area contributed by atoms with E-state index in [1.807, 2.05) is 30.7 Å². The number of nitrogens with zero attached hydrogens (tertiary/aromatic N) is 3. The monoisotopic (exact) mass is 374 g/mol. The average molecular weight is 375 g/mol. The Morgan fingerprint density at radius 1 is 1.30 bits per heavy atom. The molecular formula is C17H19BrN4O. The van der Waals surface area contributed by atoms with Crippen LogP contribution in [0.2, 0.25) is 0 Å². The average Bonchev–Trinajstić information content (AvgIpc) is 2.96. The molecule has 0 aliphatic heterocycles. The summed E-state index contributed by atoms with van der Waals surface area (Å²) in [5.41, 5.74) is 5.37. The summed E-state index contributed by atoms with van der Waals surface area (Å²) in [5, 5.41) is 12.0. The summed E-state index contributed by atoms with van der Waals surface area (Å²) < 4.78 is 3.17. The predicted molar refractivity (Wildman–Crippen MR) is 93.5 cm³/mol. The van der Waals surface area contributed by atoms with Crippen LogP contribution in [0.25, 0.3) is 5.65 Å². The number of rotatable bonds is 6. The van der Waals surface area contributed by atoms with Gasteiger partial charge in [-0.3, -0.25) is 9.38 Å². The van der Waals surface area contributed by atoms with E-state index in [1.165, 1.54) is 11.1 Å². The molecule has 23 heavy (non-hydrogen) atoms. The molecule has 0 saturated heterocycles. The predicted octanol–water partition coefficient (Wildman–Crippen LogP) is 2.47. The van der Waals surface area contributed by atoms with Crippen LogP contribution in [0.5, 0.6) is 0 Å². The summed E-state index contributed by atoms with van der Waals surface area (Å²) >= 11 is 3.58. The molecule has 0 unspecified atom stereocenters. The topological polar surface area (TPSA) is 62.5 Å². The summed E-state index contributed by atoms with van der Waals surface area (Å²) in [6, 6.07) is 6.22. The number of aliphatic hydroxyl groups excluding tert-OH is 1. The Labute approximate surface area is 143 Å². The number of aliphatic hydroxyl groups is 1. The Morgan fingerprint density at radius 3 is 3.00 bits per heavy atom. The standard InChI is InChI=1S/C17H19BrN4O/c1-12-13(3-2-4-15(12)18)9-16-17-21-11-14(10-19-6-8-23)22(17)7-5-20-16/h2-5,7,11,19,23H,6,8-10H2,1H3. The Bertz CT molecular complexity index is 815. The van der Waals surface area contributed by atoms with Crippen molar-refractivity contribution in [2.75, 3.05) is 13.2 Å². The van der Waals surface area contributed by atoms with Crippen LogP contribution in [0.3, 0.4) is 0 Å². The lowest BCUT2D eigenvalue weighted by atomic mass is 10.0. The van der Waals surface area contributed by atoms with Crippen molar-refractivity contribution in [3.63, 3.8) is 0 Å². The van der Waals surface area contributed by atoms with Gasteiger partial charge in [0, 0.05) is 36.4 Å². The number of aromatic nitrogens is 3. The first-order chi connectivity index (χ1) is 11.2. The van der Waals surface area contributed by atoms with Crippen molar-refractivity contribution in [1.29, 1.82) is 0 Å². The number of imidazole rings is 1. The van der Waals surface area contributed by atoms with Gasteiger partial charge in [-0.15, -0.1) is 0 Å². The SMILES string of the molecule is Cc1c(Br)cccc1Cc1nccn2c(CNCCO)cnc12. The van der Waals surface area contributed by atoms with Gasteiger partial charge in [-0.2, -0.15) is 0 Å². The highest BCUT2D eigenvalue weighted by molar-refractivity contribution is 9.10. The zero-order valence-electron chi connectivity index (χ0n) is 13.0. The van der Waals surface area contributed by atoms with Gasteiger partial charge in [-0.1, -0.05) is 28.1 Å². The molecule has 0 amide bonds. The zero-order chi connectivity index (χ0) is 16.2. The third kappa shape index (κ3) is 3.44. The Hall–Kier alpha value is -1.76. The second kappa shape index (κ2) is 7.21. The molecule has 120 valence electrons. The van der Waals surface area contributed by atoms with Crippen LogP contribution >= 0.6 is 15.9 Å². The highest BCUT2D eigenvalue weighted by Crippen LogP contribution is 2.22. The van der Waals surface area contributed by atoms with Crippen molar-refractivity contribution >= 4 is 21.6 Å². The van der Waals surface area contributed by atoms with E-state index < -0.39 is 0 Å². The maximum Gasteiger partial charge on any atom is 0.159 e. The molecule has 5 nitrogen and oxygen atoms in total. The molecule has 3 rings (SSSR count). The van der Waals surface area contributed by atoms with E-state index in [-0.39, 0.29) is 6.61 Å². The largest absolute Gasteiger partial charge is 0.395 e. The molecular weight excluding hydrogens is 356 g/mol. The van der Waals surface area contributed by atoms with Crippen LogP contribution in [0.1, 0.15) is 22.5 Å². The Kier molecular flexibility index (Phi) is 5.05. The van der Waals surface area contributed by atoms with E-state index in [0.717, 1.165) is 27.9 Å². The van der Waals surface area contributed by atoms with Crippen LogP contribution in [0.4, 0.5) is 0 Å². The van der Waals surface area contributed by atoms with Gasteiger partial charge in [0.2, 0.25) is 0 Å². The van der Waals surface area contributed by atoms with Crippen LogP contribution in [-0.4, -0.2) is 32.6 Å². The lowest BCUT2D eigenvalue weighted by Gasteiger charge is -2.09. The molecule has 0 aliphatic rings. The fourth-order valence-corrected chi connectivity index (χ4v) is 3.01. The molecule has 0 atom stereocenters. The van der Waals surface area contributed by atoms with Crippen LogP contribution in [-0.2, 0) is 13.0 Å². The van der Waals surface area contributed by atoms with E-state index >= 15 is 0 Å². The van der Waals surface area contributed by atoms with Crippen molar-refractivity contribution < 1.29 is 5.11 Å². The minimum atomic E-state index is 0.131. The number of hydrogen-bond donors (Lipinski definition) is 2. The molecule has 0 saturated carbocycles. The number of hydrogen-bond acceptors (Lipinski definition) is 4. The van der Waals surface area contributed by atoms with Crippen molar-refractivity contribution in [3.8, 4) is 0 Å². The lowest BCUT2D eigenvalue weighted by Crippen LogP contribution is -2.18. The minimum absolute atomic E-state index is 0.131. The molecule has 2 N–H and O–H groups in total. The van der Waals surface area contributed by atoms with Crippen molar-refractivity contribution in [1.82, 2.24) is 19.7 Å². The number of benzene rings is 1. The second-order valence-corrected chi connectivity index (χ2v) is 6.27. The highest BCUT2D eigenvalue weighted by atomic mass is 79.9. The zero-order valence-corrected chi connectivity index (χ0v) is 14.5. The normalized spacial score (nSPS) is 11.3. The third-order valence-electron chi connectivity index (χ3n) is 3.91. The number of nitrogens with one attached hydrogen (secondary N) is 1. The van der Waals surface area contributed by atoms with Gasteiger partial charge in [0.05, 0.1) is 24.2 Å². The molecule has 3 aromatic rings.